The minimum atomic E-state index is -0.453. The van der Waals surface area contributed by atoms with E-state index in [-0.39, 0.29) is 6.10 Å². The molecule has 0 bridgehead atoms. The molecule has 2 aromatic rings. The molecule has 9 nitrogen and oxygen atoms in total. The largest absolute Gasteiger partial charge is 0.488 e. The van der Waals surface area contributed by atoms with Crippen molar-refractivity contribution in [3.05, 3.63) is 46.4 Å². The topological polar surface area (TPSA) is 92.6 Å². The first kappa shape index (κ1) is 24.6. The standard InChI is InChI=1S/C26H33ClN8O/c1-16-11-21(24(36-18-5-6-18)12-19(16)17-7-9-33(2)10-8-17)31-26-29-14-20(27)25(32-26)30-22-15-34(3)35(4)23(22)13-28/h11-12,14-15,17-18,23H,5-10H2,1-4H3,(H2,29,30,31,32). The average Bonchev–Trinajstić information content (AvgIpc) is 3.63. The van der Waals surface area contributed by atoms with Crippen molar-refractivity contribution < 1.29 is 4.74 Å². The molecular formula is C26H33ClN8O. The van der Waals surface area contributed by atoms with Crippen LogP contribution in [0.15, 0.2) is 30.2 Å². The Morgan fingerprint density at radius 2 is 1.86 bits per heavy atom. The Labute approximate surface area is 217 Å². The van der Waals surface area contributed by atoms with Gasteiger partial charge in [-0.1, -0.05) is 11.6 Å². The van der Waals surface area contributed by atoms with Gasteiger partial charge < -0.3 is 25.3 Å². The van der Waals surface area contributed by atoms with E-state index in [0.717, 1.165) is 50.2 Å². The van der Waals surface area contributed by atoms with Crippen molar-refractivity contribution in [3.8, 4) is 11.8 Å². The first-order valence-corrected chi connectivity index (χ1v) is 12.8. The van der Waals surface area contributed by atoms with Crippen LogP contribution < -0.4 is 15.4 Å². The molecule has 1 saturated heterocycles. The number of hydrogen-bond donors (Lipinski definition) is 2. The van der Waals surface area contributed by atoms with Crippen molar-refractivity contribution in [3.63, 3.8) is 0 Å². The zero-order valence-corrected chi connectivity index (χ0v) is 22.0. The second kappa shape index (κ2) is 10.1. The van der Waals surface area contributed by atoms with Gasteiger partial charge in [0.1, 0.15) is 10.8 Å². The fraction of sp³-hybridized carbons (Fsp3) is 0.500. The number of aromatic nitrogens is 2. The van der Waals surface area contributed by atoms with Gasteiger partial charge in [0.05, 0.1) is 29.8 Å². The molecule has 1 aromatic carbocycles. The number of ether oxygens (including phenoxy) is 1. The fourth-order valence-electron chi connectivity index (χ4n) is 4.80. The summed E-state index contributed by atoms with van der Waals surface area (Å²) in [6.07, 6.45) is 8.17. The van der Waals surface area contributed by atoms with Crippen molar-refractivity contribution in [1.82, 2.24) is 24.9 Å². The van der Waals surface area contributed by atoms with Gasteiger partial charge in [0.25, 0.3) is 0 Å². The molecule has 2 aliphatic heterocycles. The molecule has 2 N–H and O–H groups in total. The normalized spacial score (nSPS) is 21.3. The Kier molecular flexibility index (Phi) is 6.93. The van der Waals surface area contributed by atoms with Crippen molar-refractivity contribution in [2.24, 2.45) is 0 Å². The number of hydrazine groups is 1. The SMILES string of the molecule is Cc1cc(Nc2ncc(Cl)c(NC3=CN(C)N(C)C3C#N)n2)c(OC2CC2)cc1C1CCN(C)CC1. The quantitative estimate of drug-likeness (QED) is 0.561. The number of nitrogens with zero attached hydrogens (tertiary/aromatic N) is 6. The molecule has 5 rings (SSSR count). The Bertz CT molecular complexity index is 1200. The lowest BCUT2D eigenvalue weighted by atomic mass is 9.86. The third-order valence-corrected chi connectivity index (χ3v) is 7.49. The van der Waals surface area contributed by atoms with Crippen molar-refractivity contribution >= 4 is 29.1 Å². The second-order valence-electron chi connectivity index (χ2n) is 10.0. The number of nitriles is 1. The van der Waals surface area contributed by atoms with E-state index in [2.05, 4.69) is 57.7 Å². The predicted molar refractivity (Wildman–Crippen MR) is 141 cm³/mol. The number of likely N-dealkylation sites (tertiary alicyclic amines) is 1. The lowest BCUT2D eigenvalue weighted by molar-refractivity contribution is 0.0924. The molecule has 190 valence electrons. The summed E-state index contributed by atoms with van der Waals surface area (Å²) in [5.74, 6) is 2.23. The summed E-state index contributed by atoms with van der Waals surface area (Å²) in [5, 5.41) is 20.2. The molecule has 3 aliphatic rings. The van der Waals surface area contributed by atoms with E-state index in [9.17, 15) is 5.26 Å². The van der Waals surface area contributed by atoms with E-state index in [1.165, 1.54) is 11.1 Å². The fourth-order valence-corrected chi connectivity index (χ4v) is 4.93. The number of benzene rings is 1. The van der Waals surface area contributed by atoms with Crippen LogP contribution in [0.5, 0.6) is 5.75 Å². The van der Waals surface area contributed by atoms with Crippen LogP contribution in [0.4, 0.5) is 17.5 Å². The summed E-state index contributed by atoms with van der Waals surface area (Å²) >= 11 is 6.41. The molecule has 1 atom stereocenters. The number of rotatable bonds is 7. The third kappa shape index (κ3) is 5.21. The highest BCUT2D eigenvalue weighted by Gasteiger charge is 2.30. The van der Waals surface area contributed by atoms with E-state index >= 15 is 0 Å². The number of halogens is 1. The van der Waals surface area contributed by atoms with Gasteiger partial charge >= 0.3 is 0 Å². The van der Waals surface area contributed by atoms with Gasteiger partial charge in [-0.15, -0.1) is 0 Å². The molecule has 1 aromatic heterocycles. The summed E-state index contributed by atoms with van der Waals surface area (Å²) in [6, 6.07) is 6.20. The molecule has 0 amide bonds. The van der Waals surface area contributed by atoms with Crippen molar-refractivity contribution in [2.45, 2.75) is 50.7 Å². The second-order valence-corrected chi connectivity index (χ2v) is 10.4. The van der Waals surface area contributed by atoms with Crippen LogP contribution in [-0.2, 0) is 0 Å². The summed E-state index contributed by atoms with van der Waals surface area (Å²) in [7, 11) is 5.92. The van der Waals surface area contributed by atoms with Gasteiger partial charge in [-0.3, -0.25) is 0 Å². The van der Waals surface area contributed by atoms with Gasteiger partial charge in [0, 0.05) is 20.3 Å². The maximum absolute atomic E-state index is 9.59. The predicted octanol–water partition coefficient (Wildman–Crippen LogP) is 4.47. The zero-order chi connectivity index (χ0) is 25.4. The Morgan fingerprint density at radius 1 is 1.11 bits per heavy atom. The molecule has 1 unspecified atom stereocenters. The van der Waals surface area contributed by atoms with Crippen LogP contribution in [0.1, 0.15) is 42.7 Å². The summed E-state index contributed by atoms with van der Waals surface area (Å²) in [4.78, 5) is 11.4. The van der Waals surface area contributed by atoms with Crippen molar-refractivity contribution in [2.75, 3.05) is 44.9 Å². The van der Waals surface area contributed by atoms with Gasteiger partial charge in [-0.2, -0.15) is 10.2 Å². The van der Waals surface area contributed by atoms with Crippen LogP contribution in [0.3, 0.4) is 0 Å². The molecule has 2 fully saturated rings. The molecule has 1 saturated carbocycles. The van der Waals surface area contributed by atoms with Crippen molar-refractivity contribution in [1.29, 1.82) is 5.26 Å². The van der Waals surface area contributed by atoms with Gasteiger partial charge in [0.15, 0.2) is 11.9 Å². The number of anilines is 3. The Morgan fingerprint density at radius 3 is 2.56 bits per heavy atom. The van der Waals surface area contributed by atoms with Crippen LogP contribution in [0.2, 0.25) is 5.02 Å². The van der Waals surface area contributed by atoms with E-state index in [4.69, 9.17) is 16.3 Å². The number of nitrogens with one attached hydrogen (secondary N) is 2. The molecule has 0 radical (unpaired) electrons. The third-order valence-electron chi connectivity index (χ3n) is 7.21. The first-order chi connectivity index (χ1) is 17.3. The van der Waals surface area contributed by atoms with Gasteiger partial charge in [0.2, 0.25) is 5.95 Å². The Balaban J connectivity index is 1.40. The Hall–Kier alpha value is -3.06. The molecule has 1 aliphatic carbocycles. The highest BCUT2D eigenvalue weighted by molar-refractivity contribution is 6.32. The highest BCUT2D eigenvalue weighted by atomic mass is 35.5. The molecule has 36 heavy (non-hydrogen) atoms. The smallest absolute Gasteiger partial charge is 0.229 e. The van der Waals surface area contributed by atoms with Gasteiger partial charge in [-0.25, -0.2) is 9.99 Å². The first-order valence-electron chi connectivity index (χ1n) is 12.5. The summed E-state index contributed by atoms with van der Waals surface area (Å²) in [5.41, 5.74) is 4.15. The lowest BCUT2D eigenvalue weighted by Gasteiger charge is -2.30. The number of aryl methyl sites for hydroxylation is 1. The van der Waals surface area contributed by atoms with E-state index < -0.39 is 6.04 Å². The number of piperidine rings is 1. The minimum Gasteiger partial charge on any atom is -0.488 e. The van der Waals surface area contributed by atoms with Crippen LogP contribution in [0.25, 0.3) is 0 Å². The molecule has 10 heteroatoms. The average molecular weight is 509 g/mol. The van der Waals surface area contributed by atoms with E-state index in [0.29, 0.717) is 28.4 Å². The van der Waals surface area contributed by atoms with Gasteiger partial charge in [-0.05, 0) is 81.9 Å². The lowest BCUT2D eigenvalue weighted by Crippen LogP contribution is -2.35. The van der Waals surface area contributed by atoms with E-state index in [1.807, 2.05) is 30.3 Å². The molecule has 3 heterocycles. The molecular weight excluding hydrogens is 476 g/mol. The highest BCUT2D eigenvalue weighted by Crippen LogP contribution is 2.40. The maximum Gasteiger partial charge on any atom is 0.229 e. The van der Waals surface area contributed by atoms with Crippen LogP contribution in [0, 0.1) is 18.3 Å². The maximum atomic E-state index is 9.59. The zero-order valence-electron chi connectivity index (χ0n) is 21.3. The minimum absolute atomic E-state index is 0.271. The summed E-state index contributed by atoms with van der Waals surface area (Å²) in [6.45, 7) is 4.40. The van der Waals surface area contributed by atoms with Crippen LogP contribution >= 0.6 is 11.6 Å². The number of likely N-dealkylation sites (N-methyl/N-ethyl adjacent to an activating group) is 1. The monoisotopic (exact) mass is 508 g/mol. The molecule has 0 spiro atoms. The van der Waals surface area contributed by atoms with E-state index in [1.54, 1.807) is 6.20 Å². The summed E-state index contributed by atoms with van der Waals surface area (Å²) < 4.78 is 6.32. The number of hydrogen-bond acceptors (Lipinski definition) is 9. The van der Waals surface area contributed by atoms with Crippen LogP contribution in [-0.4, -0.2) is 71.3 Å².